The summed E-state index contributed by atoms with van der Waals surface area (Å²) in [5.74, 6) is -0.402. The second-order valence-electron chi connectivity index (χ2n) is 6.10. The fourth-order valence-corrected chi connectivity index (χ4v) is 4.09. The Hall–Kier alpha value is -1.54. The van der Waals surface area contributed by atoms with Crippen LogP contribution < -0.4 is 4.90 Å². The van der Waals surface area contributed by atoms with E-state index in [2.05, 4.69) is 39.7 Å². The van der Waals surface area contributed by atoms with Crippen LogP contribution in [0.15, 0.2) is 46.9 Å². The van der Waals surface area contributed by atoms with Crippen molar-refractivity contribution < 1.29 is 9.18 Å². The van der Waals surface area contributed by atoms with E-state index in [0.29, 0.717) is 22.8 Å². The minimum atomic E-state index is -0.299. The van der Waals surface area contributed by atoms with E-state index in [1.807, 2.05) is 12.1 Å². The molecule has 3 rings (SSSR count). The molecule has 0 atom stereocenters. The first kappa shape index (κ1) is 22.7. The number of nitrogens with zero attached hydrogens (tertiary/aromatic N) is 3. The average molecular weight is 487 g/mol. The minimum absolute atomic E-state index is 0. The largest absolute Gasteiger partial charge is 0.302 e. The van der Waals surface area contributed by atoms with Gasteiger partial charge >= 0.3 is 0 Å². The highest BCUT2D eigenvalue weighted by Crippen LogP contribution is 2.30. The number of anilines is 1. The lowest BCUT2D eigenvalue weighted by molar-refractivity contribution is 0.0984. The standard InChI is InChI=1S/C20H21BrFN3OS.ClH/c1-3-24(4-2)11-12-25(19(26)14-5-7-15(21)8-6-14)20-23-17-10-9-16(22)13-18(17)27-20;/h5-10,13H,3-4,11-12H2,1-2H3;1H. The van der Waals surface area contributed by atoms with E-state index in [0.717, 1.165) is 28.8 Å². The van der Waals surface area contributed by atoms with Crippen molar-refractivity contribution in [2.24, 2.45) is 0 Å². The zero-order valence-electron chi connectivity index (χ0n) is 15.7. The molecule has 1 amide bonds. The van der Waals surface area contributed by atoms with E-state index in [9.17, 15) is 9.18 Å². The molecule has 0 fully saturated rings. The molecule has 0 aliphatic carbocycles. The molecule has 0 bridgehead atoms. The molecule has 4 nitrogen and oxygen atoms in total. The van der Waals surface area contributed by atoms with Crippen molar-refractivity contribution in [2.75, 3.05) is 31.1 Å². The topological polar surface area (TPSA) is 36.4 Å². The Kier molecular flexibility index (Phi) is 8.37. The number of hydrogen-bond acceptors (Lipinski definition) is 4. The number of halogens is 3. The summed E-state index contributed by atoms with van der Waals surface area (Å²) in [5.41, 5.74) is 1.30. The van der Waals surface area contributed by atoms with Crippen molar-refractivity contribution in [3.63, 3.8) is 0 Å². The van der Waals surface area contributed by atoms with Crippen LogP contribution in [0.5, 0.6) is 0 Å². The molecule has 0 aliphatic heterocycles. The SMILES string of the molecule is CCN(CC)CCN(C(=O)c1ccc(Br)cc1)c1nc2ccc(F)cc2s1.Cl. The van der Waals surface area contributed by atoms with Gasteiger partial charge in [-0.3, -0.25) is 9.69 Å². The Labute approximate surface area is 182 Å². The third-order valence-corrected chi connectivity index (χ3v) is 6.01. The molecule has 3 aromatic rings. The number of amides is 1. The van der Waals surface area contributed by atoms with Gasteiger partial charge in [-0.1, -0.05) is 41.1 Å². The van der Waals surface area contributed by atoms with Crippen LogP contribution in [0, 0.1) is 5.82 Å². The second kappa shape index (κ2) is 10.3. The molecule has 2 aromatic carbocycles. The summed E-state index contributed by atoms with van der Waals surface area (Å²) < 4.78 is 15.2. The molecule has 0 saturated heterocycles. The van der Waals surface area contributed by atoms with Crippen molar-refractivity contribution in [3.05, 3.63) is 58.3 Å². The van der Waals surface area contributed by atoms with Crippen LogP contribution in [-0.4, -0.2) is 42.0 Å². The lowest BCUT2D eigenvalue weighted by atomic mass is 10.2. The second-order valence-corrected chi connectivity index (χ2v) is 8.02. The summed E-state index contributed by atoms with van der Waals surface area (Å²) in [7, 11) is 0. The van der Waals surface area contributed by atoms with Gasteiger partial charge in [0.05, 0.1) is 10.2 Å². The van der Waals surface area contributed by atoms with E-state index in [1.54, 1.807) is 23.1 Å². The predicted molar refractivity (Wildman–Crippen MR) is 120 cm³/mol. The summed E-state index contributed by atoms with van der Waals surface area (Å²) in [4.78, 5) is 21.7. The zero-order valence-corrected chi connectivity index (χ0v) is 18.9. The number of fused-ring (bicyclic) bond motifs is 1. The molecule has 0 saturated carbocycles. The summed E-state index contributed by atoms with van der Waals surface area (Å²) in [6.45, 7) is 7.32. The van der Waals surface area contributed by atoms with Crippen molar-refractivity contribution >= 4 is 60.9 Å². The predicted octanol–water partition coefficient (Wildman–Crippen LogP) is 5.61. The highest BCUT2D eigenvalue weighted by atomic mass is 79.9. The van der Waals surface area contributed by atoms with Gasteiger partial charge in [0.1, 0.15) is 5.82 Å². The van der Waals surface area contributed by atoms with Crippen LogP contribution in [0.2, 0.25) is 0 Å². The fraction of sp³-hybridized carbons (Fsp3) is 0.300. The van der Waals surface area contributed by atoms with Crippen molar-refractivity contribution in [2.45, 2.75) is 13.8 Å². The average Bonchev–Trinajstić information content (AvgIpc) is 3.08. The van der Waals surface area contributed by atoms with E-state index in [1.165, 1.54) is 23.5 Å². The molecule has 0 unspecified atom stereocenters. The maximum Gasteiger partial charge on any atom is 0.260 e. The third kappa shape index (κ3) is 5.29. The molecule has 0 aliphatic rings. The lowest BCUT2D eigenvalue weighted by Crippen LogP contribution is -2.38. The number of carbonyl (C=O) groups excluding carboxylic acids is 1. The monoisotopic (exact) mass is 485 g/mol. The molecule has 0 radical (unpaired) electrons. The fourth-order valence-electron chi connectivity index (χ4n) is 2.82. The van der Waals surface area contributed by atoms with Gasteiger partial charge in [-0.25, -0.2) is 9.37 Å². The summed E-state index contributed by atoms with van der Waals surface area (Å²) in [6, 6.07) is 11.8. The zero-order chi connectivity index (χ0) is 19.4. The molecular formula is C20H22BrClFN3OS. The summed E-state index contributed by atoms with van der Waals surface area (Å²) >= 11 is 4.74. The first-order valence-corrected chi connectivity index (χ1v) is 10.5. The van der Waals surface area contributed by atoms with E-state index in [-0.39, 0.29) is 24.1 Å². The third-order valence-electron chi connectivity index (χ3n) is 4.44. The van der Waals surface area contributed by atoms with E-state index in [4.69, 9.17) is 0 Å². The Morgan fingerprint density at radius 2 is 1.79 bits per heavy atom. The molecule has 0 spiro atoms. The van der Waals surface area contributed by atoms with Gasteiger partial charge in [0.15, 0.2) is 5.13 Å². The lowest BCUT2D eigenvalue weighted by Gasteiger charge is -2.24. The van der Waals surface area contributed by atoms with Crippen molar-refractivity contribution in [1.29, 1.82) is 0 Å². The van der Waals surface area contributed by atoms with Crippen LogP contribution in [0.1, 0.15) is 24.2 Å². The minimum Gasteiger partial charge on any atom is -0.302 e. The molecule has 8 heteroatoms. The van der Waals surface area contributed by atoms with Crippen LogP contribution in [0.3, 0.4) is 0 Å². The number of thiazole rings is 1. The highest BCUT2D eigenvalue weighted by Gasteiger charge is 2.22. The van der Waals surface area contributed by atoms with Gasteiger partial charge in [0.2, 0.25) is 0 Å². The quantitative estimate of drug-likeness (QED) is 0.436. The molecule has 28 heavy (non-hydrogen) atoms. The summed E-state index contributed by atoms with van der Waals surface area (Å²) in [5, 5.41) is 0.593. The van der Waals surface area contributed by atoms with Gasteiger partial charge in [-0.2, -0.15) is 0 Å². The highest BCUT2D eigenvalue weighted by molar-refractivity contribution is 9.10. The Morgan fingerprint density at radius 1 is 1.11 bits per heavy atom. The molecular weight excluding hydrogens is 465 g/mol. The molecule has 150 valence electrons. The van der Waals surface area contributed by atoms with Crippen LogP contribution in [0.25, 0.3) is 10.2 Å². The van der Waals surface area contributed by atoms with E-state index < -0.39 is 0 Å². The molecule has 1 heterocycles. The Morgan fingerprint density at radius 3 is 2.43 bits per heavy atom. The maximum absolute atomic E-state index is 13.5. The van der Waals surface area contributed by atoms with Crippen LogP contribution >= 0.6 is 39.7 Å². The smallest absolute Gasteiger partial charge is 0.260 e. The normalized spacial score (nSPS) is 10.9. The van der Waals surface area contributed by atoms with E-state index >= 15 is 0 Å². The number of hydrogen-bond donors (Lipinski definition) is 0. The van der Waals surface area contributed by atoms with Crippen molar-refractivity contribution in [3.8, 4) is 0 Å². The van der Waals surface area contributed by atoms with Gasteiger partial charge in [0.25, 0.3) is 5.91 Å². The maximum atomic E-state index is 13.5. The first-order chi connectivity index (χ1) is 13.0. The van der Waals surface area contributed by atoms with Gasteiger partial charge in [0, 0.05) is 23.1 Å². The molecule has 0 N–H and O–H groups in total. The summed E-state index contributed by atoms with van der Waals surface area (Å²) in [6.07, 6.45) is 0. The number of carbonyl (C=O) groups is 1. The van der Waals surface area contributed by atoms with Gasteiger partial charge in [-0.05, 0) is 55.6 Å². The van der Waals surface area contributed by atoms with Crippen LogP contribution in [0.4, 0.5) is 9.52 Å². The molecule has 1 aromatic heterocycles. The van der Waals surface area contributed by atoms with Gasteiger partial charge < -0.3 is 4.90 Å². The van der Waals surface area contributed by atoms with Gasteiger partial charge in [-0.15, -0.1) is 12.4 Å². The number of aromatic nitrogens is 1. The van der Waals surface area contributed by atoms with Crippen molar-refractivity contribution in [1.82, 2.24) is 9.88 Å². The number of benzene rings is 2. The van der Waals surface area contributed by atoms with Crippen LogP contribution in [-0.2, 0) is 0 Å². The number of likely N-dealkylation sites (N-methyl/N-ethyl adjacent to an activating group) is 1. The number of rotatable bonds is 7. The Balaban J connectivity index is 0.00000280. The first-order valence-electron chi connectivity index (χ1n) is 8.87. The Bertz CT molecular complexity index is 931.